The van der Waals surface area contributed by atoms with Gasteiger partial charge in [0.05, 0.1) is 10.7 Å². The quantitative estimate of drug-likeness (QED) is 0.695. The van der Waals surface area contributed by atoms with Crippen LogP contribution in [0.3, 0.4) is 0 Å². The summed E-state index contributed by atoms with van der Waals surface area (Å²) in [7, 11) is 0. The van der Waals surface area contributed by atoms with Gasteiger partial charge in [-0.05, 0) is 18.2 Å². The fourth-order valence-electron chi connectivity index (χ4n) is 1.77. The van der Waals surface area contributed by atoms with Crippen LogP contribution in [-0.2, 0) is 12.7 Å². The largest absolute Gasteiger partial charge is 0.433 e. The lowest BCUT2D eigenvalue weighted by Crippen LogP contribution is -2.26. The molecule has 0 aliphatic heterocycles. The Morgan fingerprint density at radius 3 is 2.48 bits per heavy atom. The number of hydrogen-bond donors (Lipinski definition) is 1. The Hall–Kier alpha value is -1.99. The Morgan fingerprint density at radius 2 is 1.92 bits per heavy atom. The van der Waals surface area contributed by atoms with E-state index in [1.54, 1.807) is 0 Å². The molecule has 0 aliphatic rings. The zero-order valence-electron chi connectivity index (χ0n) is 13.5. The Labute approximate surface area is 152 Å². The molecule has 0 saturated carbocycles. The van der Waals surface area contributed by atoms with Crippen molar-refractivity contribution in [3.05, 3.63) is 63.0 Å². The second-order valence-corrected chi connectivity index (χ2v) is 5.29. The molecule has 0 radical (unpaired) electrons. The second-order valence-electron chi connectivity index (χ2n) is 4.45. The lowest BCUT2D eigenvalue weighted by atomic mass is 10.3. The fourth-order valence-corrected chi connectivity index (χ4v) is 2.10. The topological polar surface area (TPSA) is 46.9 Å². The zero-order valence-corrected chi connectivity index (χ0v) is 15.0. The highest BCUT2D eigenvalue weighted by Gasteiger charge is 2.34. The molecule has 0 bridgehead atoms. The molecule has 1 aromatic carbocycles. The molecule has 2 aromatic rings. The average molecular weight is 394 g/mol. The highest BCUT2D eigenvalue weighted by atomic mass is 35.5. The maximum Gasteiger partial charge on any atom is 0.433 e. The van der Waals surface area contributed by atoms with Crippen LogP contribution in [0, 0.1) is 0 Å². The molecule has 1 N–H and O–H groups in total. The van der Waals surface area contributed by atoms with Gasteiger partial charge in [-0.1, -0.05) is 43.1 Å². The fraction of sp³-hybridized carbons (Fsp3) is 0.250. The number of alkyl halides is 3. The molecule has 2 rings (SSSR count). The van der Waals surface area contributed by atoms with Gasteiger partial charge in [0.25, 0.3) is 5.56 Å². The molecule has 9 heteroatoms. The average Bonchev–Trinajstić information content (AvgIpc) is 2.55. The monoisotopic (exact) mass is 393 g/mol. The molecule has 0 fully saturated rings. The summed E-state index contributed by atoms with van der Waals surface area (Å²) in [6, 6.07) is 4.82. The van der Waals surface area contributed by atoms with Crippen molar-refractivity contribution in [3.63, 3.8) is 0 Å². The van der Waals surface area contributed by atoms with Crippen LogP contribution in [0.5, 0.6) is 0 Å². The maximum atomic E-state index is 12.8. The molecular weight excluding hydrogens is 378 g/mol. The molecule has 4 nitrogen and oxygen atoms in total. The first-order valence-corrected chi connectivity index (χ1v) is 8.00. The predicted octanol–water partition coefficient (Wildman–Crippen LogP) is 5.52. The first kappa shape index (κ1) is 21.1. The van der Waals surface area contributed by atoms with E-state index in [-0.39, 0.29) is 23.2 Å². The molecule has 0 atom stereocenters. The highest BCUT2D eigenvalue weighted by Crippen LogP contribution is 2.30. The van der Waals surface area contributed by atoms with Crippen molar-refractivity contribution in [2.45, 2.75) is 26.6 Å². The third-order valence-electron chi connectivity index (χ3n) is 2.79. The Bertz CT molecular complexity index is 804. The van der Waals surface area contributed by atoms with E-state index in [1.165, 1.54) is 24.3 Å². The minimum absolute atomic E-state index is 0.0233. The van der Waals surface area contributed by atoms with Crippen LogP contribution in [0.25, 0.3) is 0 Å². The minimum Gasteiger partial charge on any atom is -0.324 e. The molecule has 136 valence electrons. The number of hydrogen-bond acceptors (Lipinski definition) is 3. The summed E-state index contributed by atoms with van der Waals surface area (Å²) in [6.07, 6.45) is -3.39. The summed E-state index contributed by atoms with van der Waals surface area (Å²) in [5, 5.41) is 3.14. The van der Waals surface area contributed by atoms with Gasteiger partial charge in [-0.25, -0.2) is 4.98 Å². The van der Waals surface area contributed by atoms with Crippen LogP contribution < -0.4 is 10.9 Å². The minimum atomic E-state index is -4.75. The van der Waals surface area contributed by atoms with Crippen LogP contribution in [-0.4, -0.2) is 9.55 Å². The Balaban J connectivity index is 0.00000151. The van der Waals surface area contributed by atoms with Gasteiger partial charge in [-0.15, -0.1) is 6.58 Å². The lowest BCUT2D eigenvalue weighted by Gasteiger charge is -2.15. The molecule has 0 amide bonds. The molecule has 0 spiro atoms. The Kier molecular flexibility index (Phi) is 7.51. The summed E-state index contributed by atoms with van der Waals surface area (Å²) in [4.78, 5) is 15.4. The maximum absolute atomic E-state index is 12.8. The van der Waals surface area contributed by atoms with Crippen LogP contribution >= 0.6 is 23.2 Å². The van der Waals surface area contributed by atoms with Crippen molar-refractivity contribution in [2.24, 2.45) is 0 Å². The highest BCUT2D eigenvalue weighted by molar-refractivity contribution is 6.35. The van der Waals surface area contributed by atoms with E-state index in [2.05, 4.69) is 16.9 Å². The van der Waals surface area contributed by atoms with Gasteiger partial charge in [0.2, 0.25) is 5.95 Å². The zero-order chi connectivity index (χ0) is 19.2. The molecule has 1 heterocycles. The van der Waals surface area contributed by atoms with Crippen LogP contribution in [0.4, 0.5) is 24.8 Å². The number of anilines is 2. The van der Waals surface area contributed by atoms with Crippen LogP contribution in [0.2, 0.25) is 10.0 Å². The van der Waals surface area contributed by atoms with Crippen molar-refractivity contribution in [2.75, 3.05) is 5.32 Å². The summed E-state index contributed by atoms with van der Waals surface area (Å²) in [5.74, 6) is -0.311. The van der Waals surface area contributed by atoms with Crippen molar-refractivity contribution in [1.29, 1.82) is 0 Å². The van der Waals surface area contributed by atoms with Gasteiger partial charge in [-0.2, -0.15) is 13.2 Å². The van der Waals surface area contributed by atoms with Gasteiger partial charge < -0.3 is 5.32 Å². The first-order chi connectivity index (χ1) is 11.7. The molecule has 0 unspecified atom stereocenters. The summed E-state index contributed by atoms with van der Waals surface area (Å²) < 4.78 is 39.5. The van der Waals surface area contributed by atoms with E-state index >= 15 is 0 Å². The van der Waals surface area contributed by atoms with Gasteiger partial charge in [0.1, 0.15) is 0 Å². The smallest absolute Gasteiger partial charge is 0.324 e. The van der Waals surface area contributed by atoms with E-state index in [1.807, 2.05) is 13.8 Å². The SMILES string of the molecule is C=CCn1c(Nc2cc(Cl)ccc2Cl)nc(C(F)(F)F)cc1=O.CC. The third-order valence-corrected chi connectivity index (χ3v) is 3.35. The van der Waals surface area contributed by atoms with E-state index in [4.69, 9.17) is 23.2 Å². The number of allylic oxidation sites excluding steroid dienone is 1. The number of rotatable bonds is 4. The van der Waals surface area contributed by atoms with Crippen molar-refractivity contribution in [3.8, 4) is 0 Å². The first-order valence-electron chi connectivity index (χ1n) is 7.24. The van der Waals surface area contributed by atoms with Gasteiger partial charge in [0, 0.05) is 17.6 Å². The van der Waals surface area contributed by atoms with Crippen molar-refractivity contribution in [1.82, 2.24) is 9.55 Å². The predicted molar refractivity (Wildman–Crippen MR) is 94.8 cm³/mol. The third kappa shape index (κ3) is 5.51. The molecule has 25 heavy (non-hydrogen) atoms. The second kappa shape index (κ2) is 8.92. The Morgan fingerprint density at radius 1 is 1.28 bits per heavy atom. The number of nitrogens with one attached hydrogen (secondary N) is 1. The van der Waals surface area contributed by atoms with Crippen molar-refractivity contribution < 1.29 is 13.2 Å². The molecule has 1 aromatic heterocycles. The number of nitrogens with zero attached hydrogens (tertiary/aromatic N) is 2. The summed E-state index contributed by atoms with van der Waals surface area (Å²) in [5.41, 5.74) is -1.94. The molecule has 0 saturated heterocycles. The summed E-state index contributed by atoms with van der Waals surface area (Å²) in [6.45, 7) is 7.44. The molecular formula is C16H16Cl2F3N3O. The van der Waals surface area contributed by atoms with Crippen molar-refractivity contribution >= 4 is 34.8 Å². The number of halogens is 5. The standard InChI is InChI=1S/C14H10Cl2F3N3O.C2H6/c1-2-5-22-12(23)7-11(14(17,18)19)21-13(22)20-10-6-8(15)3-4-9(10)16;1-2/h2-4,6-7H,1,5H2,(H,20,21);1-2H3. The lowest BCUT2D eigenvalue weighted by molar-refractivity contribution is -0.141. The van der Waals surface area contributed by atoms with E-state index in [9.17, 15) is 18.0 Å². The van der Waals surface area contributed by atoms with Gasteiger partial charge in [-0.3, -0.25) is 9.36 Å². The van der Waals surface area contributed by atoms with Crippen LogP contribution in [0.1, 0.15) is 19.5 Å². The number of benzene rings is 1. The van der Waals surface area contributed by atoms with Crippen LogP contribution in [0.15, 0.2) is 41.7 Å². The molecule has 0 aliphatic carbocycles. The van der Waals surface area contributed by atoms with Gasteiger partial charge >= 0.3 is 6.18 Å². The van der Waals surface area contributed by atoms with E-state index in [0.29, 0.717) is 11.1 Å². The van der Waals surface area contributed by atoms with Gasteiger partial charge in [0.15, 0.2) is 5.69 Å². The van der Waals surface area contributed by atoms with E-state index < -0.39 is 17.4 Å². The summed E-state index contributed by atoms with van der Waals surface area (Å²) >= 11 is 11.8. The normalized spacial score (nSPS) is 10.7. The number of aromatic nitrogens is 2. The van der Waals surface area contributed by atoms with E-state index in [0.717, 1.165) is 4.57 Å².